The first-order valence-electron chi connectivity index (χ1n) is 6.26. The van der Waals surface area contributed by atoms with Gasteiger partial charge in [0.15, 0.2) is 0 Å². The number of thiocarbonyl (C=S) groups is 1. The van der Waals surface area contributed by atoms with Gasteiger partial charge in [0.2, 0.25) is 5.91 Å². The monoisotopic (exact) mass is 302 g/mol. The highest BCUT2D eigenvalue weighted by Crippen LogP contribution is 2.09. The number of hydrogen-bond donors (Lipinski definition) is 2. The van der Waals surface area contributed by atoms with Gasteiger partial charge in [-0.25, -0.2) is 4.98 Å². The standard InChI is InChI=1S/C14H14N4O2S/c15-14(21)10-1-3-11(4-2-10)17-12(19)6-8-18-9-16-7-5-13(18)20/h1-5,7,9H,6,8H2,(H2,15,21)(H,17,19). The molecule has 21 heavy (non-hydrogen) atoms. The van der Waals surface area contributed by atoms with Gasteiger partial charge >= 0.3 is 0 Å². The molecule has 0 spiro atoms. The first-order valence-corrected chi connectivity index (χ1v) is 6.67. The number of benzene rings is 1. The Morgan fingerprint density at radius 1 is 1.29 bits per heavy atom. The largest absolute Gasteiger partial charge is 0.389 e. The second-order valence-electron chi connectivity index (χ2n) is 4.35. The number of carbonyl (C=O) groups is 1. The minimum absolute atomic E-state index is 0.182. The van der Waals surface area contributed by atoms with Crippen LogP contribution in [0.3, 0.4) is 0 Å². The number of rotatable bonds is 5. The smallest absolute Gasteiger partial charge is 0.253 e. The molecule has 0 aliphatic heterocycles. The van der Waals surface area contributed by atoms with Gasteiger partial charge in [-0.2, -0.15) is 0 Å². The molecule has 0 unspecified atom stereocenters. The Morgan fingerprint density at radius 2 is 2.00 bits per heavy atom. The summed E-state index contributed by atoms with van der Waals surface area (Å²) in [5, 5.41) is 2.74. The maximum absolute atomic E-state index is 11.8. The van der Waals surface area contributed by atoms with Crippen LogP contribution in [0.2, 0.25) is 0 Å². The van der Waals surface area contributed by atoms with Crippen LogP contribution in [-0.2, 0) is 11.3 Å². The summed E-state index contributed by atoms with van der Waals surface area (Å²) in [5.41, 5.74) is 6.71. The normalized spacial score (nSPS) is 10.1. The third kappa shape index (κ3) is 4.22. The molecule has 1 heterocycles. The maximum Gasteiger partial charge on any atom is 0.253 e. The number of amides is 1. The van der Waals surface area contributed by atoms with E-state index in [1.165, 1.54) is 23.2 Å². The predicted octanol–water partition coefficient (Wildman–Crippen LogP) is 0.906. The van der Waals surface area contributed by atoms with Gasteiger partial charge in [0.1, 0.15) is 4.99 Å². The van der Waals surface area contributed by atoms with E-state index in [0.717, 1.165) is 5.56 Å². The van der Waals surface area contributed by atoms with Crippen LogP contribution >= 0.6 is 12.2 Å². The van der Waals surface area contributed by atoms with Crippen LogP contribution in [0.4, 0.5) is 5.69 Å². The average molecular weight is 302 g/mol. The number of aryl methyl sites for hydroxylation is 1. The van der Waals surface area contributed by atoms with E-state index in [0.29, 0.717) is 10.7 Å². The second kappa shape index (κ2) is 6.76. The summed E-state index contributed by atoms with van der Waals surface area (Å²) >= 11 is 4.85. The van der Waals surface area contributed by atoms with Gasteiger partial charge in [-0.1, -0.05) is 12.2 Å². The number of carbonyl (C=O) groups excluding carboxylic acids is 1. The Bertz CT molecular complexity index is 709. The van der Waals surface area contributed by atoms with E-state index in [1.54, 1.807) is 24.3 Å². The third-order valence-corrected chi connectivity index (χ3v) is 3.06. The van der Waals surface area contributed by atoms with Crippen molar-refractivity contribution in [2.75, 3.05) is 5.32 Å². The fourth-order valence-corrected chi connectivity index (χ4v) is 1.85. The van der Waals surface area contributed by atoms with Crippen molar-refractivity contribution in [3.8, 4) is 0 Å². The van der Waals surface area contributed by atoms with E-state index in [9.17, 15) is 9.59 Å². The molecule has 0 saturated heterocycles. The number of nitrogens with two attached hydrogens (primary N) is 1. The molecule has 2 aromatic rings. The van der Waals surface area contributed by atoms with Crippen LogP contribution < -0.4 is 16.6 Å². The van der Waals surface area contributed by atoms with Crippen molar-refractivity contribution in [2.24, 2.45) is 5.73 Å². The minimum Gasteiger partial charge on any atom is -0.389 e. The van der Waals surface area contributed by atoms with Crippen LogP contribution in [0.5, 0.6) is 0 Å². The third-order valence-electron chi connectivity index (χ3n) is 2.83. The summed E-state index contributed by atoms with van der Waals surface area (Å²) in [6, 6.07) is 8.28. The van der Waals surface area contributed by atoms with Gasteiger partial charge in [-0.05, 0) is 24.3 Å². The van der Waals surface area contributed by atoms with Gasteiger partial charge < -0.3 is 11.1 Å². The van der Waals surface area contributed by atoms with Crippen molar-refractivity contribution < 1.29 is 4.79 Å². The number of aromatic nitrogens is 2. The van der Waals surface area contributed by atoms with E-state index in [4.69, 9.17) is 18.0 Å². The molecule has 1 aromatic heterocycles. The number of anilines is 1. The molecule has 0 radical (unpaired) electrons. The van der Waals surface area contributed by atoms with Crippen molar-refractivity contribution >= 4 is 28.8 Å². The van der Waals surface area contributed by atoms with Crippen LogP contribution in [0.15, 0.2) is 47.7 Å². The predicted molar refractivity (Wildman–Crippen MR) is 84.1 cm³/mol. The summed E-state index contributed by atoms with van der Waals surface area (Å²) in [7, 11) is 0. The number of nitrogens with one attached hydrogen (secondary N) is 1. The zero-order valence-electron chi connectivity index (χ0n) is 11.2. The first-order chi connectivity index (χ1) is 10.1. The summed E-state index contributed by atoms with van der Waals surface area (Å²) in [4.78, 5) is 27.4. The molecule has 1 amide bonds. The van der Waals surface area contributed by atoms with Crippen LogP contribution in [0.25, 0.3) is 0 Å². The number of hydrogen-bond acceptors (Lipinski definition) is 4. The molecule has 0 fully saturated rings. The van der Waals surface area contributed by atoms with Crippen molar-refractivity contribution in [3.63, 3.8) is 0 Å². The van der Waals surface area contributed by atoms with E-state index in [1.807, 2.05) is 0 Å². The van der Waals surface area contributed by atoms with Crippen LogP contribution in [-0.4, -0.2) is 20.4 Å². The SMILES string of the molecule is NC(=S)c1ccc(NC(=O)CCn2cnccc2=O)cc1. The Kier molecular flexibility index (Phi) is 4.78. The molecule has 1 aromatic carbocycles. The highest BCUT2D eigenvalue weighted by molar-refractivity contribution is 7.80. The van der Waals surface area contributed by atoms with Gasteiger partial charge in [-0.3, -0.25) is 14.2 Å². The first kappa shape index (κ1) is 14.9. The van der Waals surface area contributed by atoms with Gasteiger partial charge in [0, 0.05) is 36.5 Å². The molecule has 7 heteroatoms. The highest BCUT2D eigenvalue weighted by Gasteiger charge is 2.04. The molecule has 0 aliphatic carbocycles. The van der Waals surface area contributed by atoms with Gasteiger partial charge in [-0.15, -0.1) is 0 Å². The second-order valence-corrected chi connectivity index (χ2v) is 4.79. The molecule has 0 bridgehead atoms. The van der Waals surface area contributed by atoms with Crippen LogP contribution in [0, 0.1) is 0 Å². The lowest BCUT2D eigenvalue weighted by Crippen LogP contribution is -2.22. The topological polar surface area (TPSA) is 90.0 Å². The summed E-state index contributed by atoms with van der Waals surface area (Å²) in [6.45, 7) is 0.281. The molecular formula is C14H14N4O2S. The zero-order valence-corrected chi connectivity index (χ0v) is 12.0. The van der Waals surface area contributed by atoms with Gasteiger partial charge in [0.25, 0.3) is 5.56 Å². The van der Waals surface area contributed by atoms with E-state index in [2.05, 4.69) is 10.3 Å². The zero-order chi connectivity index (χ0) is 15.2. The molecule has 0 atom stereocenters. The van der Waals surface area contributed by atoms with E-state index < -0.39 is 0 Å². The molecular weight excluding hydrogens is 288 g/mol. The molecule has 6 nitrogen and oxygen atoms in total. The van der Waals surface area contributed by atoms with Crippen molar-refractivity contribution in [2.45, 2.75) is 13.0 Å². The van der Waals surface area contributed by atoms with Crippen molar-refractivity contribution in [3.05, 3.63) is 58.8 Å². The van der Waals surface area contributed by atoms with Crippen molar-refractivity contribution in [1.82, 2.24) is 9.55 Å². The Morgan fingerprint density at radius 3 is 2.62 bits per heavy atom. The molecule has 108 valence electrons. The fourth-order valence-electron chi connectivity index (χ4n) is 1.71. The molecule has 0 aliphatic rings. The number of nitrogens with zero attached hydrogens (tertiary/aromatic N) is 2. The fraction of sp³-hybridized carbons (Fsp3) is 0.143. The molecule has 3 N–H and O–H groups in total. The summed E-state index contributed by atoms with van der Waals surface area (Å²) in [5.74, 6) is -0.186. The van der Waals surface area contributed by atoms with E-state index >= 15 is 0 Å². The maximum atomic E-state index is 11.8. The van der Waals surface area contributed by atoms with Gasteiger partial charge in [0.05, 0.1) is 6.33 Å². The average Bonchev–Trinajstić information content (AvgIpc) is 2.47. The quantitative estimate of drug-likeness (QED) is 0.801. The highest BCUT2D eigenvalue weighted by atomic mass is 32.1. The van der Waals surface area contributed by atoms with Crippen LogP contribution in [0.1, 0.15) is 12.0 Å². The molecule has 2 rings (SSSR count). The van der Waals surface area contributed by atoms with Crippen molar-refractivity contribution in [1.29, 1.82) is 0 Å². The summed E-state index contributed by atoms with van der Waals surface area (Å²) < 4.78 is 1.38. The lowest BCUT2D eigenvalue weighted by Gasteiger charge is -2.07. The minimum atomic E-state index is -0.186. The Balaban J connectivity index is 1.91. The lowest BCUT2D eigenvalue weighted by atomic mass is 10.2. The lowest BCUT2D eigenvalue weighted by molar-refractivity contribution is -0.116. The Hall–Kier alpha value is -2.54. The molecule has 0 saturated carbocycles. The van der Waals surface area contributed by atoms with E-state index in [-0.39, 0.29) is 24.4 Å². The Labute approximate surface area is 126 Å². The summed E-state index contributed by atoms with van der Waals surface area (Å²) in [6.07, 6.45) is 3.01.